The van der Waals surface area contributed by atoms with E-state index in [-0.39, 0.29) is 6.04 Å². The zero-order valence-electron chi connectivity index (χ0n) is 9.99. The molecule has 0 aliphatic rings. The minimum atomic E-state index is 0.0474. The molecule has 2 aromatic rings. The first-order chi connectivity index (χ1) is 8.72. The second-order valence-electron chi connectivity index (χ2n) is 3.96. The molecule has 0 saturated heterocycles. The molecule has 0 radical (unpaired) electrons. The van der Waals surface area contributed by atoms with Crippen LogP contribution < -0.4 is 5.32 Å². The number of nitrogens with zero attached hydrogens (tertiary/aromatic N) is 1. The van der Waals surface area contributed by atoms with Crippen molar-refractivity contribution in [3.8, 4) is 0 Å². The molecule has 0 bridgehead atoms. The van der Waals surface area contributed by atoms with Gasteiger partial charge in [-0.3, -0.25) is 4.98 Å². The second-order valence-corrected chi connectivity index (χ2v) is 5.73. The number of nitrogens with one attached hydrogen (secondary N) is 1. The van der Waals surface area contributed by atoms with E-state index in [9.17, 15) is 0 Å². The summed E-state index contributed by atoms with van der Waals surface area (Å²) in [6, 6.07) is 4.01. The Labute approximate surface area is 123 Å². The molecule has 96 valence electrons. The largest absolute Gasteiger partial charge is 0.472 e. The molecule has 0 aromatic carbocycles. The maximum Gasteiger partial charge on any atom is 0.0954 e. The summed E-state index contributed by atoms with van der Waals surface area (Å²) in [6.45, 7) is 3.07. The van der Waals surface area contributed by atoms with Gasteiger partial charge in [-0.1, -0.05) is 6.92 Å². The van der Waals surface area contributed by atoms with Crippen molar-refractivity contribution in [1.82, 2.24) is 10.3 Å². The molecule has 0 spiro atoms. The van der Waals surface area contributed by atoms with Gasteiger partial charge in [0.2, 0.25) is 0 Å². The van der Waals surface area contributed by atoms with Gasteiger partial charge >= 0.3 is 0 Å². The molecule has 1 atom stereocenters. The van der Waals surface area contributed by atoms with Crippen molar-refractivity contribution in [2.75, 3.05) is 6.54 Å². The van der Waals surface area contributed by atoms with Crippen LogP contribution in [0.2, 0.25) is 0 Å². The summed E-state index contributed by atoms with van der Waals surface area (Å²) < 4.78 is 7.10. The van der Waals surface area contributed by atoms with Crippen LogP contribution in [-0.2, 0) is 0 Å². The average Bonchev–Trinajstić information content (AvgIpc) is 2.85. The standard InChI is InChI=1S/C13H14Br2N2O/c1-2-4-16-12(9-3-5-18-8-9)13-11(15)6-10(14)7-17-13/h3,5-8,12,16H,2,4H2,1H3. The number of hydrogen-bond acceptors (Lipinski definition) is 3. The quantitative estimate of drug-likeness (QED) is 0.849. The van der Waals surface area contributed by atoms with E-state index in [0.717, 1.165) is 33.2 Å². The Morgan fingerprint density at radius 1 is 1.44 bits per heavy atom. The van der Waals surface area contributed by atoms with E-state index in [1.54, 1.807) is 18.7 Å². The Morgan fingerprint density at radius 3 is 2.89 bits per heavy atom. The van der Waals surface area contributed by atoms with Gasteiger partial charge < -0.3 is 9.73 Å². The number of rotatable bonds is 5. The molecule has 0 aliphatic carbocycles. The normalized spacial score (nSPS) is 12.6. The summed E-state index contributed by atoms with van der Waals surface area (Å²) >= 11 is 6.98. The van der Waals surface area contributed by atoms with Crippen molar-refractivity contribution in [1.29, 1.82) is 0 Å². The summed E-state index contributed by atoms with van der Waals surface area (Å²) in [6.07, 6.45) is 6.31. The molecule has 0 amide bonds. The molecule has 2 heterocycles. The Morgan fingerprint density at radius 2 is 2.28 bits per heavy atom. The van der Waals surface area contributed by atoms with Crippen LogP contribution in [0.25, 0.3) is 0 Å². The van der Waals surface area contributed by atoms with E-state index < -0.39 is 0 Å². The van der Waals surface area contributed by atoms with Crippen molar-refractivity contribution < 1.29 is 4.42 Å². The monoisotopic (exact) mass is 372 g/mol. The molecule has 0 saturated carbocycles. The minimum Gasteiger partial charge on any atom is -0.472 e. The molecule has 0 fully saturated rings. The maximum atomic E-state index is 5.17. The lowest BCUT2D eigenvalue weighted by atomic mass is 10.1. The lowest BCUT2D eigenvalue weighted by Gasteiger charge is -2.18. The fraction of sp³-hybridized carbons (Fsp3) is 0.308. The third kappa shape index (κ3) is 3.22. The van der Waals surface area contributed by atoms with E-state index in [1.807, 2.05) is 12.1 Å². The van der Waals surface area contributed by atoms with E-state index in [1.165, 1.54) is 0 Å². The smallest absolute Gasteiger partial charge is 0.0954 e. The number of hydrogen-bond donors (Lipinski definition) is 1. The van der Waals surface area contributed by atoms with Gasteiger partial charge in [-0.25, -0.2) is 0 Å². The zero-order chi connectivity index (χ0) is 13.0. The first-order valence-corrected chi connectivity index (χ1v) is 7.37. The van der Waals surface area contributed by atoms with Crippen molar-refractivity contribution in [3.63, 3.8) is 0 Å². The number of pyridine rings is 1. The lowest BCUT2D eigenvalue weighted by molar-refractivity contribution is 0.544. The highest BCUT2D eigenvalue weighted by atomic mass is 79.9. The third-order valence-electron chi connectivity index (χ3n) is 2.58. The Balaban J connectivity index is 2.33. The topological polar surface area (TPSA) is 38.1 Å². The summed E-state index contributed by atoms with van der Waals surface area (Å²) in [7, 11) is 0. The molecule has 2 aromatic heterocycles. The van der Waals surface area contributed by atoms with E-state index >= 15 is 0 Å². The predicted molar refractivity (Wildman–Crippen MR) is 78.5 cm³/mol. The SMILES string of the molecule is CCCNC(c1ccoc1)c1ncc(Br)cc1Br. The average molecular weight is 374 g/mol. The maximum absolute atomic E-state index is 5.17. The van der Waals surface area contributed by atoms with Gasteiger partial charge in [0.05, 0.1) is 24.3 Å². The third-order valence-corrected chi connectivity index (χ3v) is 3.65. The highest BCUT2D eigenvalue weighted by molar-refractivity contribution is 9.11. The van der Waals surface area contributed by atoms with Crippen molar-refractivity contribution >= 4 is 31.9 Å². The van der Waals surface area contributed by atoms with Crippen molar-refractivity contribution in [2.24, 2.45) is 0 Å². The van der Waals surface area contributed by atoms with Gasteiger partial charge in [-0.15, -0.1) is 0 Å². The highest BCUT2D eigenvalue weighted by Crippen LogP contribution is 2.29. The molecular weight excluding hydrogens is 360 g/mol. The predicted octanol–water partition coefficient (Wildman–Crippen LogP) is 4.29. The number of aromatic nitrogens is 1. The minimum absolute atomic E-state index is 0.0474. The molecular formula is C13H14Br2N2O. The molecule has 18 heavy (non-hydrogen) atoms. The summed E-state index contributed by atoms with van der Waals surface area (Å²) in [5.74, 6) is 0. The first kappa shape index (κ1) is 13.8. The van der Waals surface area contributed by atoms with Crippen LogP contribution in [0.15, 0.2) is 44.2 Å². The van der Waals surface area contributed by atoms with Gasteiger partial charge in [0.15, 0.2) is 0 Å². The van der Waals surface area contributed by atoms with Gasteiger partial charge in [-0.2, -0.15) is 0 Å². The van der Waals surface area contributed by atoms with Crippen LogP contribution in [0, 0.1) is 0 Å². The van der Waals surface area contributed by atoms with Crippen LogP contribution in [-0.4, -0.2) is 11.5 Å². The molecule has 2 rings (SSSR count). The molecule has 5 heteroatoms. The van der Waals surface area contributed by atoms with Gasteiger partial charge in [0.25, 0.3) is 0 Å². The van der Waals surface area contributed by atoms with Gasteiger partial charge in [0, 0.05) is 20.7 Å². The first-order valence-electron chi connectivity index (χ1n) is 5.78. The lowest BCUT2D eigenvalue weighted by Crippen LogP contribution is -2.24. The van der Waals surface area contributed by atoms with Crippen LogP contribution in [0.4, 0.5) is 0 Å². The molecule has 0 aliphatic heterocycles. The van der Waals surface area contributed by atoms with Gasteiger partial charge in [-0.05, 0) is 57.0 Å². The van der Waals surface area contributed by atoms with E-state index in [4.69, 9.17) is 4.42 Å². The molecule has 3 nitrogen and oxygen atoms in total. The fourth-order valence-corrected chi connectivity index (χ4v) is 2.95. The van der Waals surface area contributed by atoms with Crippen molar-refractivity contribution in [2.45, 2.75) is 19.4 Å². The van der Waals surface area contributed by atoms with E-state index in [0.29, 0.717) is 0 Å². The highest BCUT2D eigenvalue weighted by Gasteiger charge is 2.18. The van der Waals surface area contributed by atoms with Crippen LogP contribution >= 0.6 is 31.9 Å². The van der Waals surface area contributed by atoms with Crippen LogP contribution in [0.1, 0.15) is 30.6 Å². The fourth-order valence-electron chi connectivity index (χ4n) is 1.74. The Bertz CT molecular complexity index is 500. The summed E-state index contributed by atoms with van der Waals surface area (Å²) in [4.78, 5) is 4.49. The Kier molecular flexibility index (Phi) is 4.97. The van der Waals surface area contributed by atoms with Crippen LogP contribution in [0.3, 0.4) is 0 Å². The second kappa shape index (κ2) is 6.50. The van der Waals surface area contributed by atoms with Crippen molar-refractivity contribution in [3.05, 3.63) is 51.1 Å². The van der Waals surface area contributed by atoms with Gasteiger partial charge in [0.1, 0.15) is 0 Å². The Hall–Kier alpha value is -0.650. The number of halogens is 2. The van der Waals surface area contributed by atoms with Crippen LogP contribution in [0.5, 0.6) is 0 Å². The molecule has 1 N–H and O–H groups in total. The zero-order valence-corrected chi connectivity index (χ0v) is 13.2. The molecule has 1 unspecified atom stereocenters. The number of furan rings is 1. The summed E-state index contributed by atoms with van der Waals surface area (Å²) in [5.41, 5.74) is 2.05. The van der Waals surface area contributed by atoms with E-state index in [2.05, 4.69) is 49.1 Å². The summed E-state index contributed by atoms with van der Waals surface area (Å²) in [5, 5.41) is 3.48.